The van der Waals surface area contributed by atoms with Crippen LogP contribution in [-0.2, 0) is 6.42 Å². The lowest BCUT2D eigenvalue weighted by atomic mass is 10.1. The first-order valence-corrected chi connectivity index (χ1v) is 6.91. The van der Waals surface area contributed by atoms with Crippen LogP contribution in [0.1, 0.15) is 18.1 Å². The van der Waals surface area contributed by atoms with E-state index in [4.69, 9.17) is 5.73 Å². The van der Waals surface area contributed by atoms with E-state index in [1.165, 1.54) is 16.0 Å². The fourth-order valence-electron chi connectivity index (χ4n) is 1.84. The minimum atomic E-state index is 0.207. The molecule has 3 heteroatoms. The van der Waals surface area contributed by atoms with Crippen LogP contribution < -0.4 is 5.73 Å². The minimum absolute atomic E-state index is 0.207. The maximum atomic E-state index is 5.82. The second-order valence-electron chi connectivity index (χ2n) is 4.55. The molecule has 0 spiro atoms. The summed E-state index contributed by atoms with van der Waals surface area (Å²) < 4.78 is 0. The van der Waals surface area contributed by atoms with Gasteiger partial charge < -0.3 is 5.73 Å². The van der Waals surface area contributed by atoms with E-state index in [0.29, 0.717) is 0 Å². The number of nitrogens with two attached hydrogens (primary N) is 1. The highest BCUT2D eigenvalue weighted by atomic mass is 32.2. The molecular weight excluding hydrogens is 240 g/mol. The topological polar surface area (TPSA) is 38.9 Å². The molecule has 1 atom stereocenters. The van der Waals surface area contributed by atoms with Crippen molar-refractivity contribution in [3.8, 4) is 0 Å². The van der Waals surface area contributed by atoms with E-state index in [-0.39, 0.29) is 6.04 Å². The fourth-order valence-corrected chi connectivity index (χ4v) is 2.69. The monoisotopic (exact) mass is 258 g/mol. The highest BCUT2D eigenvalue weighted by Crippen LogP contribution is 2.29. The molecule has 2 N–H and O–H groups in total. The van der Waals surface area contributed by atoms with Crippen LogP contribution in [0.25, 0.3) is 0 Å². The quantitative estimate of drug-likeness (QED) is 0.913. The van der Waals surface area contributed by atoms with Gasteiger partial charge in [-0.05, 0) is 49.6 Å². The van der Waals surface area contributed by atoms with Gasteiger partial charge in [0, 0.05) is 17.1 Å². The molecule has 0 aliphatic rings. The van der Waals surface area contributed by atoms with Crippen LogP contribution in [0.3, 0.4) is 0 Å². The third kappa shape index (κ3) is 3.59. The van der Waals surface area contributed by atoms with Crippen molar-refractivity contribution in [3.05, 3.63) is 53.7 Å². The van der Waals surface area contributed by atoms with Gasteiger partial charge in [-0.1, -0.05) is 30.0 Å². The van der Waals surface area contributed by atoms with Crippen molar-refractivity contribution in [2.75, 3.05) is 0 Å². The molecule has 2 nitrogen and oxygen atoms in total. The summed E-state index contributed by atoms with van der Waals surface area (Å²) in [4.78, 5) is 5.58. The van der Waals surface area contributed by atoms with E-state index in [1.54, 1.807) is 11.8 Å². The van der Waals surface area contributed by atoms with E-state index in [1.807, 2.05) is 31.3 Å². The molecule has 0 radical (unpaired) electrons. The molecule has 2 aromatic rings. The molecule has 94 valence electrons. The largest absolute Gasteiger partial charge is 0.328 e. The van der Waals surface area contributed by atoms with Crippen LogP contribution in [0.5, 0.6) is 0 Å². The van der Waals surface area contributed by atoms with Gasteiger partial charge >= 0.3 is 0 Å². The van der Waals surface area contributed by atoms with Crippen molar-refractivity contribution in [3.63, 3.8) is 0 Å². The summed E-state index contributed by atoms with van der Waals surface area (Å²) in [5.74, 6) is 0. The lowest BCUT2D eigenvalue weighted by Gasteiger charge is -2.09. The molecule has 0 saturated heterocycles. The Bertz CT molecular complexity index is 509. The predicted molar refractivity (Wildman–Crippen MR) is 76.9 cm³/mol. The third-order valence-electron chi connectivity index (χ3n) is 2.65. The molecular formula is C15H18N2S. The van der Waals surface area contributed by atoms with Crippen molar-refractivity contribution in [1.29, 1.82) is 0 Å². The highest BCUT2D eigenvalue weighted by molar-refractivity contribution is 7.99. The van der Waals surface area contributed by atoms with Crippen LogP contribution in [-0.4, -0.2) is 11.0 Å². The average Bonchev–Trinajstić information content (AvgIpc) is 2.33. The smallest absolute Gasteiger partial charge is 0.101 e. The summed E-state index contributed by atoms with van der Waals surface area (Å²) >= 11 is 1.70. The van der Waals surface area contributed by atoms with Crippen LogP contribution in [0.4, 0.5) is 0 Å². The average molecular weight is 258 g/mol. The lowest BCUT2D eigenvalue weighted by molar-refractivity contribution is 0.737. The van der Waals surface area contributed by atoms with Crippen LogP contribution in [0.15, 0.2) is 52.5 Å². The minimum Gasteiger partial charge on any atom is -0.328 e. The zero-order chi connectivity index (χ0) is 13.0. The molecule has 0 aliphatic heterocycles. The number of aromatic nitrogens is 1. The Morgan fingerprint density at radius 3 is 2.72 bits per heavy atom. The number of hydrogen-bond acceptors (Lipinski definition) is 3. The molecule has 0 saturated carbocycles. The molecule has 2 rings (SSSR count). The van der Waals surface area contributed by atoms with Crippen LogP contribution >= 0.6 is 11.8 Å². The van der Waals surface area contributed by atoms with E-state index in [0.717, 1.165) is 11.4 Å². The molecule has 1 aromatic carbocycles. The van der Waals surface area contributed by atoms with Gasteiger partial charge in [0.2, 0.25) is 0 Å². The normalized spacial score (nSPS) is 12.4. The zero-order valence-electron chi connectivity index (χ0n) is 10.8. The van der Waals surface area contributed by atoms with Gasteiger partial charge in [-0.25, -0.2) is 4.98 Å². The molecule has 18 heavy (non-hydrogen) atoms. The number of hydrogen-bond donors (Lipinski definition) is 1. The van der Waals surface area contributed by atoms with E-state index >= 15 is 0 Å². The van der Waals surface area contributed by atoms with E-state index < -0.39 is 0 Å². The molecule has 0 amide bonds. The molecule has 0 fully saturated rings. The summed E-state index contributed by atoms with van der Waals surface area (Å²) in [5.41, 5.74) is 8.40. The van der Waals surface area contributed by atoms with Crippen LogP contribution in [0.2, 0.25) is 0 Å². The number of nitrogens with zero attached hydrogens (tertiary/aromatic N) is 1. The van der Waals surface area contributed by atoms with E-state index in [9.17, 15) is 0 Å². The SMILES string of the molecule is Cc1cc(CC(C)N)ccc1Sc1ccccn1. The summed E-state index contributed by atoms with van der Waals surface area (Å²) in [6.07, 6.45) is 2.75. The predicted octanol–water partition coefficient (Wildman–Crippen LogP) is 3.43. The van der Waals surface area contributed by atoms with Crippen molar-refractivity contribution < 1.29 is 0 Å². The highest BCUT2D eigenvalue weighted by Gasteiger charge is 2.04. The second-order valence-corrected chi connectivity index (χ2v) is 5.61. The van der Waals surface area contributed by atoms with Crippen molar-refractivity contribution >= 4 is 11.8 Å². The first kappa shape index (κ1) is 13.1. The Balaban J connectivity index is 2.15. The maximum Gasteiger partial charge on any atom is 0.101 e. The van der Waals surface area contributed by atoms with Gasteiger partial charge in [0.15, 0.2) is 0 Å². The standard InChI is InChI=1S/C15H18N2S/c1-11-9-13(10-12(2)16)6-7-14(11)18-15-5-3-4-8-17-15/h3-9,12H,10,16H2,1-2H3. The van der Waals surface area contributed by atoms with Crippen molar-refractivity contribution in [2.45, 2.75) is 36.2 Å². The zero-order valence-corrected chi connectivity index (χ0v) is 11.6. The number of rotatable bonds is 4. The van der Waals surface area contributed by atoms with Crippen LogP contribution in [0, 0.1) is 6.92 Å². The van der Waals surface area contributed by atoms with Crippen molar-refractivity contribution in [1.82, 2.24) is 4.98 Å². The Labute approximate surface area is 113 Å². The van der Waals surface area contributed by atoms with Gasteiger partial charge in [0.1, 0.15) is 5.03 Å². The number of benzene rings is 1. The van der Waals surface area contributed by atoms with Gasteiger partial charge in [-0.2, -0.15) is 0 Å². The number of aryl methyl sites for hydroxylation is 1. The Kier molecular flexibility index (Phi) is 4.39. The van der Waals surface area contributed by atoms with Gasteiger partial charge in [0.05, 0.1) is 0 Å². The molecule has 0 aliphatic carbocycles. The Hall–Kier alpha value is -1.32. The van der Waals surface area contributed by atoms with Crippen molar-refractivity contribution in [2.24, 2.45) is 5.73 Å². The lowest BCUT2D eigenvalue weighted by Crippen LogP contribution is -2.17. The molecule has 1 aromatic heterocycles. The number of pyridine rings is 1. The van der Waals surface area contributed by atoms with E-state index in [2.05, 4.69) is 30.1 Å². The Morgan fingerprint density at radius 1 is 1.28 bits per heavy atom. The summed E-state index contributed by atoms with van der Waals surface area (Å²) in [5, 5.41) is 1.03. The molecule has 0 bridgehead atoms. The first-order chi connectivity index (χ1) is 8.65. The third-order valence-corrected chi connectivity index (χ3v) is 3.78. The summed E-state index contributed by atoms with van der Waals surface area (Å²) in [7, 11) is 0. The van der Waals surface area contributed by atoms with Gasteiger partial charge in [-0.3, -0.25) is 0 Å². The molecule has 1 heterocycles. The summed E-state index contributed by atoms with van der Waals surface area (Å²) in [6.45, 7) is 4.17. The van der Waals surface area contributed by atoms with Gasteiger partial charge in [0.25, 0.3) is 0 Å². The second kappa shape index (κ2) is 6.03. The maximum absolute atomic E-state index is 5.82. The summed E-state index contributed by atoms with van der Waals surface area (Å²) in [6, 6.07) is 12.7. The first-order valence-electron chi connectivity index (χ1n) is 6.09. The Morgan fingerprint density at radius 2 is 2.11 bits per heavy atom. The fraction of sp³-hybridized carbons (Fsp3) is 0.267. The van der Waals surface area contributed by atoms with Gasteiger partial charge in [-0.15, -0.1) is 0 Å². The molecule has 1 unspecified atom stereocenters.